The van der Waals surface area contributed by atoms with Gasteiger partial charge in [0, 0.05) is 22.4 Å². The van der Waals surface area contributed by atoms with Crippen LogP contribution >= 0.6 is 11.6 Å². The van der Waals surface area contributed by atoms with Gasteiger partial charge in [0.15, 0.2) is 5.79 Å². The van der Waals surface area contributed by atoms with Crippen LogP contribution in [0.2, 0.25) is 5.02 Å². The molecule has 2 unspecified atom stereocenters. The summed E-state index contributed by atoms with van der Waals surface area (Å²) in [5, 5.41) is 18.9. The summed E-state index contributed by atoms with van der Waals surface area (Å²) in [5.41, 5.74) is 1.02. The molecule has 24 heavy (non-hydrogen) atoms. The van der Waals surface area contributed by atoms with Gasteiger partial charge in [-0.05, 0) is 44.4 Å². The second kappa shape index (κ2) is 6.61. The summed E-state index contributed by atoms with van der Waals surface area (Å²) in [5.74, 6) is -1.89. The predicted octanol–water partition coefficient (Wildman–Crippen LogP) is 1.57. The molecule has 7 heteroatoms. The van der Waals surface area contributed by atoms with Crippen molar-refractivity contribution >= 4 is 17.6 Å². The number of likely N-dealkylation sites (tertiary alicyclic amines) is 1. The Morgan fingerprint density at radius 1 is 1.46 bits per heavy atom. The standard InChI is InChI=1S/C17H22ClNO5/c1-17(2)23-13(14(24-17)16(21)22)15(20)19-8-4-7-12(19)10-5-3-6-11(18)9-10/h3,5-6,9,12-15,20H,4,7-8H2,1-2H3,(H,21,22)/p+1/t12?,13-,14-,15?/m1/s1. The third-order valence-electron chi connectivity index (χ3n) is 4.55. The number of carbonyl (C=O) groups is 1. The van der Waals surface area contributed by atoms with Crippen LogP contribution in [-0.2, 0) is 14.3 Å². The van der Waals surface area contributed by atoms with E-state index in [0.29, 0.717) is 11.6 Å². The molecule has 2 fully saturated rings. The van der Waals surface area contributed by atoms with Crippen molar-refractivity contribution < 1.29 is 24.5 Å². The summed E-state index contributed by atoms with van der Waals surface area (Å²) in [6.45, 7) is 4.03. The SMILES string of the molecule is CC1(C)O[C@@H](C(=O)[OH2+])[C@H](C(O)N2CCCC2c2cccc(Cl)c2)O1. The van der Waals surface area contributed by atoms with Crippen molar-refractivity contribution in [3.8, 4) is 0 Å². The summed E-state index contributed by atoms with van der Waals surface area (Å²) in [6.07, 6.45) is -1.20. The second-order valence-electron chi connectivity index (χ2n) is 6.75. The van der Waals surface area contributed by atoms with Gasteiger partial charge in [-0.2, -0.15) is 0 Å². The van der Waals surface area contributed by atoms with E-state index in [-0.39, 0.29) is 6.04 Å². The molecule has 0 saturated carbocycles. The molecule has 3 N–H and O–H groups in total. The first-order chi connectivity index (χ1) is 11.3. The fourth-order valence-corrected chi connectivity index (χ4v) is 3.77. The molecule has 4 atom stereocenters. The molecule has 0 spiro atoms. The highest BCUT2D eigenvalue weighted by atomic mass is 35.5. The lowest BCUT2D eigenvalue weighted by Gasteiger charge is -2.33. The van der Waals surface area contributed by atoms with Gasteiger partial charge in [-0.15, -0.1) is 0 Å². The van der Waals surface area contributed by atoms with Crippen molar-refractivity contribution in [1.82, 2.24) is 4.90 Å². The zero-order valence-electron chi connectivity index (χ0n) is 13.7. The van der Waals surface area contributed by atoms with Crippen LogP contribution in [0.15, 0.2) is 24.3 Å². The molecule has 0 aromatic heterocycles. The van der Waals surface area contributed by atoms with Gasteiger partial charge >= 0.3 is 5.97 Å². The van der Waals surface area contributed by atoms with Crippen molar-refractivity contribution in [1.29, 1.82) is 0 Å². The van der Waals surface area contributed by atoms with Crippen molar-refractivity contribution in [2.45, 2.75) is 57.0 Å². The number of aliphatic hydroxyl groups excluding tert-OH is 1. The molecule has 2 aliphatic rings. The molecule has 0 radical (unpaired) electrons. The molecule has 0 amide bonds. The lowest BCUT2D eigenvalue weighted by molar-refractivity contribution is -0.173. The lowest BCUT2D eigenvalue weighted by atomic mass is 10.0. The van der Waals surface area contributed by atoms with Crippen LogP contribution in [0.4, 0.5) is 0 Å². The van der Waals surface area contributed by atoms with Crippen LogP contribution in [0.5, 0.6) is 0 Å². The third-order valence-corrected chi connectivity index (χ3v) is 4.78. The van der Waals surface area contributed by atoms with Crippen molar-refractivity contribution in [3.05, 3.63) is 34.9 Å². The van der Waals surface area contributed by atoms with Crippen LogP contribution in [0.25, 0.3) is 0 Å². The number of rotatable bonds is 4. The van der Waals surface area contributed by atoms with E-state index in [0.717, 1.165) is 18.4 Å². The van der Waals surface area contributed by atoms with Gasteiger partial charge in [-0.3, -0.25) is 4.90 Å². The second-order valence-corrected chi connectivity index (χ2v) is 7.19. The lowest BCUT2D eigenvalue weighted by Crippen LogP contribution is -2.49. The Labute approximate surface area is 145 Å². The van der Waals surface area contributed by atoms with Gasteiger partial charge in [-0.25, -0.2) is 0 Å². The van der Waals surface area contributed by atoms with Crippen LogP contribution in [0, 0.1) is 0 Å². The number of hydrogen-bond acceptors (Lipinski definition) is 5. The first kappa shape index (κ1) is 17.6. The molecule has 0 bridgehead atoms. The largest absolute Gasteiger partial charge is 0.563 e. The molecule has 3 rings (SSSR count). The fraction of sp³-hybridized carbons (Fsp3) is 0.588. The molecular formula is C17H23ClNO5+. The third kappa shape index (κ3) is 3.43. The van der Waals surface area contributed by atoms with Gasteiger partial charge < -0.3 is 19.7 Å². The number of halogens is 1. The maximum atomic E-state index is 11.6. The molecule has 6 nitrogen and oxygen atoms in total. The first-order valence-electron chi connectivity index (χ1n) is 8.09. The number of aliphatic hydroxyl groups is 1. The number of nitrogens with zero attached hydrogens (tertiary/aromatic N) is 1. The fourth-order valence-electron chi connectivity index (χ4n) is 3.58. The summed E-state index contributed by atoms with van der Waals surface area (Å²) in [6, 6.07) is 7.55. The molecule has 2 saturated heterocycles. The molecule has 1 aromatic carbocycles. The minimum atomic E-state index is -1.09. The van der Waals surface area contributed by atoms with Crippen molar-refractivity contribution in [2.24, 2.45) is 0 Å². The first-order valence-corrected chi connectivity index (χ1v) is 8.47. The highest BCUT2D eigenvalue weighted by molar-refractivity contribution is 6.30. The highest BCUT2D eigenvalue weighted by Gasteiger charge is 2.54. The quantitative estimate of drug-likeness (QED) is 0.828. The summed E-state index contributed by atoms with van der Waals surface area (Å²) < 4.78 is 11.2. The average molecular weight is 357 g/mol. The molecule has 132 valence electrons. The minimum absolute atomic E-state index is 0.00695. The van der Waals surface area contributed by atoms with E-state index >= 15 is 0 Å². The zero-order chi connectivity index (χ0) is 17.5. The Balaban J connectivity index is 1.83. The van der Waals surface area contributed by atoms with E-state index in [4.69, 9.17) is 26.2 Å². The predicted molar refractivity (Wildman–Crippen MR) is 88.6 cm³/mol. The average Bonchev–Trinajstić information content (AvgIpc) is 3.10. The molecule has 1 aromatic rings. The smallest absolute Gasteiger partial charge is 0.548 e. The van der Waals surface area contributed by atoms with E-state index in [9.17, 15) is 9.90 Å². The Morgan fingerprint density at radius 2 is 2.21 bits per heavy atom. The van der Waals surface area contributed by atoms with E-state index in [1.54, 1.807) is 13.8 Å². The Kier molecular flexibility index (Phi) is 4.86. The van der Waals surface area contributed by atoms with E-state index in [2.05, 4.69) is 0 Å². The van der Waals surface area contributed by atoms with Gasteiger partial charge in [0.2, 0.25) is 6.10 Å². The Morgan fingerprint density at radius 3 is 2.88 bits per heavy atom. The summed E-state index contributed by atoms with van der Waals surface area (Å²) in [7, 11) is 0. The number of carbonyl (C=O) groups excluding carboxylic acids is 1. The van der Waals surface area contributed by atoms with E-state index < -0.39 is 30.2 Å². The van der Waals surface area contributed by atoms with Gasteiger partial charge in [0.05, 0.1) is 0 Å². The zero-order valence-corrected chi connectivity index (χ0v) is 14.5. The van der Waals surface area contributed by atoms with Crippen LogP contribution in [0.3, 0.4) is 0 Å². The van der Waals surface area contributed by atoms with E-state index in [1.807, 2.05) is 29.2 Å². The minimum Gasteiger partial charge on any atom is -0.563 e. The van der Waals surface area contributed by atoms with Gasteiger partial charge in [0.25, 0.3) is 0 Å². The summed E-state index contributed by atoms with van der Waals surface area (Å²) >= 11 is 6.08. The van der Waals surface area contributed by atoms with E-state index in [1.165, 1.54) is 0 Å². The molecule has 0 aliphatic carbocycles. The van der Waals surface area contributed by atoms with Crippen molar-refractivity contribution in [3.63, 3.8) is 0 Å². The number of hydrogen-bond donors (Lipinski definition) is 1. The summed E-state index contributed by atoms with van der Waals surface area (Å²) in [4.78, 5) is 13.5. The van der Waals surface area contributed by atoms with Crippen LogP contribution < -0.4 is 0 Å². The topological polar surface area (TPSA) is 81.9 Å². The Hall–Kier alpha value is -1.18. The normalized spacial score (nSPS) is 31.2. The maximum absolute atomic E-state index is 11.6. The van der Waals surface area contributed by atoms with Gasteiger partial charge in [0.1, 0.15) is 12.3 Å². The monoisotopic (exact) mass is 356 g/mol. The highest BCUT2D eigenvalue weighted by Crippen LogP contribution is 2.38. The van der Waals surface area contributed by atoms with Crippen LogP contribution in [-0.4, -0.2) is 51.8 Å². The maximum Gasteiger partial charge on any atom is 0.548 e. The van der Waals surface area contributed by atoms with Gasteiger partial charge in [-0.1, -0.05) is 23.7 Å². The number of ether oxygens (including phenoxy) is 2. The molecule has 2 aliphatic heterocycles. The molecule has 2 heterocycles. The Bertz CT molecular complexity index is 623. The molecular weight excluding hydrogens is 334 g/mol. The number of benzene rings is 1. The van der Waals surface area contributed by atoms with Crippen molar-refractivity contribution in [2.75, 3.05) is 6.54 Å². The van der Waals surface area contributed by atoms with Crippen LogP contribution in [0.1, 0.15) is 38.3 Å².